The lowest BCUT2D eigenvalue weighted by Gasteiger charge is -2.26. The molecule has 2 fully saturated rings. The van der Waals surface area contributed by atoms with Gasteiger partial charge in [0.25, 0.3) is 0 Å². The minimum absolute atomic E-state index is 0.228. The Kier molecular flexibility index (Phi) is 9.12. The third kappa shape index (κ3) is 7.27. The van der Waals surface area contributed by atoms with E-state index in [0.717, 1.165) is 47.5 Å². The van der Waals surface area contributed by atoms with E-state index < -0.39 is 17.7 Å². The summed E-state index contributed by atoms with van der Waals surface area (Å²) < 4.78 is 11.8. The fourth-order valence-electron chi connectivity index (χ4n) is 6.51. The lowest BCUT2D eigenvalue weighted by Crippen LogP contribution is -2.36. The second-order valence-electron chi connectivity index (χ2n) is 13.0. The van der Waals surface area contributed by atoms with Crippen molar-refractivity contribution in [2.75, 3.05) is 24.6 Å². The van der Waals surface area contributed by atoms with Gasteiger partial charge in [0.15, 0.2) is 0 Å². The second kappa shape index (κ2) is 12.8. The molecule has 2 aliphatic rings. The Morgan fingerprint density at radius 3 is 2.52 bits per heavy atom. The van der Waals surface area contributed by atoms with Crippen LogP contribution in [0, 0.1) is 5.41 Å². The predicted molar refractivity (Wildman–Crippen MR) is 169 cm³/mol. The molecule has 0 unspecified atom stereocenters. The zero-order valence-corrected chi connectivity index (χ0v) is 25.6. The molecule has 1 saturated carbocycles. The van der Waals surface area contributed by atoms with Gasteiger partial charge >= 0.3 is 6.09 Å². The first-order valence-corrected chi connectivity index (χ1v) is 15.5. The van der Waals surface area contributed by atoms with Crippen molar-refractivity contribution in [1.29, 1.82) is 0 Å². The van der Waals surface area contributed by atoms with E-state index in [1.165, 1.54) is 43.4 Å². The summed E-state index contributed by atoms with van der Waals surface area (Å²) in [5.41, 5.74) is 6.36. The topological polar surface area (TPSA) is 71.0 Å². The van der Waals surface area contributed by atoms with Gasteiger partial charge in [-0.2, -0.15) is 0 Å². The van der Waals surface area contributed by atoms with Crippen LogP contribution in [0.2, 0.25) is 0 Å². The highest BCUT2D eigenvalue weighted by atomic mass is 16.6. The number of rotatable bonds is 9. The molecular formula is C36H46N2O4. The van der Waals surface area contributed by atoms with Crippen molar-refractivity contribution in [3.05, 3.63) is 83.4 Å². The van der Waals surface area contributed by atoms with E-state index in [-0.39, 0.29) is 6.61 Å². The van der Waals surface area contributed by atoms with Gasteiger partial charge in [0.1, 0.15) is 18.0 Å². The summed E-state index contributed by atoms with van der Waals surface area (Å²) in [6.45, 7) is 10.1. The van der Waals surface area contributed by atoms with Crippen LogP contribution in [0.5, 0.6) is 5.75 Å². The number of nitrogens with zero attached hydrogens (tertiary/aromatic N) is 1. The molecule has 1 spiro atoms. The quantitative estimate of drug-likeness (QED) is 0.274. The van der Waals surface area contributed by atoms with E-state index in [2.05, 4.69) is 59.6 Å². The van der Waals surface area contributed by atoms with Gasteiger partial charge in [-0.1, -0.05) is 56.2 Å². The smallest absolute Gasteiger partial charge is 0.408 e. The van der Waals surface area contributed by atoms with Crippen LogP contribution in [0.4, 0.5) is 10.5 Å². The van der Waals surface area contributed by atoms with Gasteiger partial charge in [-0.3, -0.25) is 0 Å². The Hall–Kier alpha value is -3.51. The van der Waals surface area contributed by atoms with E-state index in [4.69, 9.17) is 9.47 Å². The van der Waals surface area contributed by atoms with Gasteiger partial charge in [-0.05, 0) is 110 Å². The molecule has 1 atom stereocenters. The van der Waals surface area contributed by atoms with E-state index in [9.17, 15) is 9.90 Å². The second-order valence-corrected chi connectivity index (χ2v) is 13.0. The number of carbonyl (C=O) groups excluding carboxylic acids is 1. The number of aliphatic hydroxyl groups is 1. The van der Waals surface area contributed by atoms with Crippen LogP contribution in [0.1, 0.15) is 82.5 Å². The first kappa shape index (κ1) is 30.0. The van der Waals surface area contributed by atoms with Crippen LogP contribution in [0.15, 0.2) is 66.7 Å². The third-order valence-corrected chi connectivity index (χ3v) is 8.69. The summed E-state index contributed by atoms with van der Waals surface area (Å²) >= 11 is 0. The van der Waals surface area contributed by atoms with E-state index in [1.54, 1.807) is 0 Å². The molecule has 224 valence electrons. The number of benzene rings is 3. The van der Waals surface area contributed by atoms with Crippen LogP contribution in [0.25, 0.3) is 11.1 Å². The molecule has 1 aliphatic carbocycles. The summed E-state index contributed by atoms with van der Waals surface area (Å²) in [7, 11) is 0. The minimum atomic E-state index is -0.616. The monoisotopic (exact) mass is 570 g/mol. The molecule has 0 bridgehead atoms. The molecule has 42 heavy (non-hydrogen) atoms. The molecule has 0 aromatic heterocycles. The van der Waals surface area contributed by atoms with Crippen molar-refractivity contribution in [2.45, 2.75) is 84.5 Å². The fraction of sp³-hybridized carbons (Fsp3) is 0.472. The minimum Gasteiger partial charge on any atom is -0.489 e. The first-order chi connectivity index (χ1) is 20.2. The summed E-state index contributed by atoms with van der Waals surface area (Å²) in [6.07, 6.45) is 7.00. The van der Waals surface area contributed by atoms with Crippen molar-refractivity contribution in [2.24, 2.45) is 5.41 Å². The zero-order valence-electron chi connectivity index (χ0n) is 25.6. The van der Waals surface area contributed by atoms with E-state index >= 15 is 0 Å². The summed E-state index contributed by atoms with van der Waals surface area (Å²) in [6, 6.07) is 22.5. The number of para-hydroxylation sites is 1. The molecule has 0 radical (unpaired) electrons. The number of alkyl carbamates (subject to hydrolysis) is 1. The van der Waals surface area contributed by atoms with Crippen LogP contribution >= 0.6 is 0 Å². The average molecular weight is 571 g/mol. The lowest BCUT2D eigenvalue weighted by atomic mass is 9.86. The maximum Gasteiger partial charge on any atom is 0.408 e. The normalized spacial score (nSPS) is 16.9. The highest BCUT2D eigenvalue weighted by Crippen LogP contribution is 2.46. The number of aliphatic hydroxyl groups excluding tert-OH is 1. The fourth-order valence-corrected chi connectivity index (χ4v) is 6.51. The van der Waals surface area contributed by atoms with Crippen LogP contribution < -0.4 is 15.0 Å². The number of aryl methyl sites for hydroxylation is 1. The summed E-state index contributed by atoms with van der Waals surface area (Å²) in [5.74, 6) is 0.930. The molecule has 5 rings (SSSR count). The van der Waals surface area contributed by atoms with Gasteiger partial charge in [0, 0.05) is 18.8 Å². The standard InChI is InChI=1S/C36H46N2O4/c1-5-27-11-6-7-14-33(27)41-24-26-19-30(22-31(20-26)38-18-17-36(25-38)15-8-9-16-36)28-12-10-13-29(21-28)32(23-39)37-34(40)42-35(2,3)4/h6-7,10-14,19-22,32,39H,5,8-9,15-18,23-25H2,1-4H3,(H,37,40)/t32-/m0/s1. The summed E-state index contributed by atoms with van der Waals surface area (Å²) in [5, 5.41) is 13.0. The Bertz CT molecular complexity index is 1370. The molecule has 1 heterocycles. The van der Waals surface area contributed by atoms with Crippen molar-refractivity contribution in [1.82, 2.24) is 5.32 Å². The Balaban J connectivity index is 1.44. The van der Waals surface area contributed by atoms with Gasteiger partial charge in [-0.25, -0.2) is 4.79 Å². The average Bonchev–Trinajstić information content (AvgIpc) is 3.63. The number of anilines is 1. The number of hydrogen-bond acceptors (Lipinski definition) is 5. The predicted octanol–water partition coefficient (Wildman–Crippen LogP) is 7.82. The van der Waals surface area contributed by atoms with Crippen LogP contribution in [-0.4, -0.2) is 36.5 Å². The zero-order chi connectivity index (χ0) is 29.7. The van der Waals surface area contributed by atoms with Crippen LogP contribution in [0.3, 0.4) is 0 Å². The van der Waals surface area contributed by atoms with Gasteiger partial charge in [0.05, 0.1) is 12.6 Å². The SMILES string of the molecule is CCc1ccccc1OCc1cc(-c2cccc([C@H](CO)NC(=O)OC(C)(C)C)c2)cc(N2CCC3(CCCC3)C2)c1. The number of nitrogens with one attached hydrogen (secondary N) is 1. The third-order valence-electron chi connectivity index (χ3n) is 8.69. The van der Waals surface area contributed by atoms with Gasteiger partial charge < -0.3 is 24.8 Å². The molecule has 1 amide bonds. The van der Waals surface area contributed by atoms with Crippen molar-refractivity contribution < 1.29 is 19.4 Å². The lowest BCUT2D eigenvalue weighted by molar-refractivity contribution is 0.0482. The maximum absolute atomic E-state index is 12.5. The Morgan fingerprint density at radius 2 is 1.79 bits per heavy atom. The molecule has 3 aromatic rings. The summed E-state index contributed by atoms with van der Waals surface area (Å²) in [4.78, 5) is 15.0. The van der Waals surface area contributed by atoms with Crippen LogP contribution in [-0.2, 0) is 17.8 Å². The molecule has 2 N–H and O–H groups in total. The molecule has 6 nitrogen and oxygen atoms in total. The van der Waals surface area contributed by atoms with E-state index in [1.807, 2.05) is 45.0 Å². The number of amides is 1. The highest BCUT2D eigenvalue weighted by molar-refractivity contribution is 5.72. The van der Waals surface area contributed by atoms with Gasteiger partial charge in [0.2, 0.25) is 0 Å². The number of carbonyl (C=O) groups is 1. The highest BCUT2D eigenvalue weighted by Gasteiger charge is 2.40. The van der Waals surface area contributed by atoms with Crippen molar-refractivity contribution in [3.8, 4) is 16.9 Å². The van der Waals surface area contributed by atoms with Crippen molar-refractivity contribution >= 4 is 11.8 Å². The largest absolute Gasteiger partial charge is 0.489 e. The maximum atomic E-state index is 12.5. The number of ether oxygens (including phenoxy) is 2. The van der Waals surface area contributed by atoms with Gasteiger partial charge in [-0.15, -0.1) is 0 Å². The molecule has 1 saturated heterocycles. The molecule has 6 heteroatoms. The Morgan fingerprint density at radius 1 is 1.00 bits per heavy atom. The molecule has 3 aromatic carbocycles. The Labute approximate surface area is 251 Å². The van der Waals surface area contributed by atoms with E-state index in [0.29, 0.717) is 12.0 Å². The first-order valence-electron chi connectivity index (χ1n) is 15.5. The molecular weight excluding hydrogens is 524 g/mol. The molecule has 1 aliphatic heterocycles. The van der Waals surface area contributed by atoms with Crippen molar-refractivity contribution in [3.63, 3.8) is 0 Å². The number of hydrogen-bond donors (Lipinski definition) is 2.